The number of benzene rings is 1. The molecule has 1 N–H and O–H groups in total. The maximum Gasteiger partial charge on any atom is 0.337 e. The lowest BCUT2D eigenvalue weighted by Gasteiger charge is -2.15. The number of amides is 1. The van der Waals surface area contributed by atoms with Crippen LogP contribution in [0.3, 0.4) is 0 Å². The molecule has 1 saturated heterocycles. The van der Waals surface area contributed by atoms with Gasteiger partial charge in [0.2, 0.25) is 5.95 Å². The summed E-state index contributed by atoms with van der Waals surface area (Å²) in [5, 5.41) is 2.99. The van der Waals surface area contributed by atoms with Crippen molar-refractivity contribution >= 4 is 35.1 Å². The second-order valence-corrected chi connectivity index (χ2v) is 5.98. The van der Waals surface area contributed by atoms with Crippen LogP contribution < -0.4 is 10.2 Å². The van der Waals surface area contributed by atoms with Crippen molar-refractivity contribution in [1.82, 2.24) is 9.97 Å². The minimum atomic E-state index is -0.509. The van der Waals surface area contributed by atoms with E-state index in [0.29, 0.717) is 22.2 Å². The molecule has 0 atom stereocenters. The number of rotatable bonds is 4. The number of anilines is 2. The van der Waals surface area contributed by atoms with Gasteiger partial charge in [0.05, 0.1) is 23.4 Å². The van der Waals surface area contributed by atoms with Gasteiger partial charge < -0.3 is 15.0 Å². The van der Waals surface area contributed by atoms with Crippen molar-refractivity contribution in [2.45, 2.75) is 12.8 Å². The first-order valence-electron chi connectivity index (χ1n) is 7.85. The summed E-state index contributed by atoms with van der Waals surface area (Å²) < 4.78 is 4.67. The molecule has 0 aliphatic carbocycles. The average Bonchev–Trinajstić information content (AvgIpc) is 3.17. The predicted molar refractivity (Wildman–Crippen MR) is 94.2 cm³/mol. The summed E-state index contributed by atoms with van der Waals surface area (Å²) in [6.45, 7) is 1.77. The van der Waals surface area contributed by atoms with Gasteiger partial charge in [-0.15, -0.1) is 0 Å². The molecule has 130 valence electrons. The third-order valence-electron chi connectivity index (χ3n) is 3.90. The molecule has 0 unspecified atom stereocenters. The lowest BCUT2D eigenvalue weighted by Crippen LogP contribution is -2.22. The normalized spacial score (nSPS) is 13.6. The Morgan fingerprint density at radius 2 is 2.00 bits per heavy atom. The van der Waals surface area contributed by atoms with Gasteiger partial charge in [-0.05, 0) is 37.1 Å². The van der Waals surface area contributed by atoms with Crippen molar-refractivity contribution in [2.24, 2.45) is 0 Å². The molecule has 0 radical (unpaired) electrons. The maximum absolute atomic E-state index is 12.5. The number of halogens is 1. The zero-order valence-electron chi connectivity index (χ0n) is 13.7. The highest BCUT2D eigenvalue weighted by atomic mass is 35.5. The largest absolute Gasteiger partial charge is 0.465 e. The Balaban J connectivity index is 1.80. The Morgan fingerprint density at radius 3 is 2.72 bits per heavy atom. The minimum Gasteiger partial charge on any atom is -0.465 e. The van der Waals surface area contributed by atoms with E-state index >= 15 is 0 Å². The fraction of sp³-hybridized carbons (Fsp3) is 0.294. The van der Waals surface area contributed by atoms with Crippen molar-refractivity contribution < 1.29 is 14.3 Å². The fourth-order valence-corrected chi connectivity index (χ4v) is 2.76. The topological polar surface area (TPSA) is 84.4 Å². The highest BCUT2D eigenvalue weighted by molar-refractivity contribution is 6.34. The molecule has 1 fully saturated rings. The van der Waals surface area contributed by atoms with Crippen LogP contribution in [-0.4, -0.2) is 42.0 Å². The van der Waals surface area contributed by atoms with Crippen LogP contribution in [0, 0.1) is 0 Å². The van der Waals surface area contributed by atoms with Crippen molar-refractivity contribution in [3.05, 3.63) is 46.7 Å². The van der Waals surface area contributed by atoms with Crippen molar-refractivity contribution in [3.8, 4) is 0 Å². The highest BCUT2D eigenvalue weighted by Crippen LogP contribution is 2.24. The van der Waals surface area contributed by atoms with Gasteiger partial charge in [-0.2, -0.15) is 0 Å². The number of nitrogens with zero attached hydrogens (tertiary/aromatic N) is 3. The summed E-state index contributed by atoms with van der Waals surface area (Å²) in [5.41, 5.74) is 0.843. The van der Waals surface area contributed by atoms with Gasteiger partial charge in [0, 0.05) is 19.3 Å². The number of carbonyl (C=O) groups excluding carboxylic acids is 2. The molecule has 25 heavy (non-hydrogen) atoms. The molecular weight excluding hydrogens is 344 g/mol. The summed E-state index contributed by atoms with van der Waals surface area (Å²) in [5.74, 6) is -0.392. The minimum absolute atomic E-state index is 0.233. The molecule has 7 nitrogen and oxygen atoms in total. The molecule has 2 heterocycles. The molecule has 1 aromatic heterocycles. The van der Waals surface area contributed by atoms with Crippen LogP contribution in [0.5, 0.6) is 0 Å². The SMILES string of the molecule is COC(=O)c1ccc(Cl)c(NC(=O)c2ccnc(N3CCCC3)n2)c1. The maximum atomic E-state index is 12.5. The van der Waals surface area contributed by atoms with Crippen LogP contribution in [-0.2, 0) is 4.74 Å². The zero-order chi connectivity index (χ0) is 17.8. The first kappa shape index (κ1) is 17.2. The van der Waals surface area contributed by atoms with E-state index in [1.165, 1.54) is 31.4 Å². The Hall–Kier alpha value is -2.67. The van der Waals surface area contributed by atoms with Crippen LogP contribution >= 0.6 is 11.6 Å². The average molecular weight is 361 g/mol. The van der Waals surface area contributed by atoms with Crippen LogP contribution in [0.15, 0.2) is 30.5 Å². The zero-order valence-corrected chi connectivity index (χ0v) is 14.4. The second-order valence-electron chi connectivity index (χ2n) is 5.58. The van der Waals surface area contributed by atoms with Crippen LogP contribution in [0.1, 0.15) is 33.7 Å². The molecular formula is C17H17ClN4O3. The van der Waals surface area contributed by atoms with E-state index in [0.717, 1.165) is 25.9 Å². The summed E-state index contributed by atoms with van der Waals surface area (Å²) in [6.07, 6.45) is 3.74. The van der Waals surface area contributed by atoms with E-state index in [-0.39, 0.29) is 5.69 Å². The molecule has 1 amide bonds. The summed E-state index contributed by atoms with van der Waals surface area (Å²) >= 11 is 6.10. The van der Waals surface area contributed by atoms with Crippen molar-refractivity contribution in [1.29, 1.82) is 0 Å². The molecule has 3 rings (SSSR count). The predicted octanol–water partition coefficient (Wildman–Crippen LogP) is 2.77. The molecule has 1 aromatic carbocycles. The fourth-order valence-electron chi connectivity index (χ4n) is 2.60. The number of ether oxygens (including phenoxy) is 1. The number of esters is 1. The van der Waals surface area contributed by atoms with Gasteiger partial charge in [0.25, 0.3) is 5.91 Å². The Labute approximate surface area is 150 Å². The van der Waals surface area contributed by atoms with Gasteiger partial charge in [-0.3, -0.25) is 4.79 Å². The van der Waals surface area contributed by atoms with E-state index in [1.54, 1.807) is 6.20 Å². The summed E-state index contributed by atoms with van der Waals surface area (Å²) in [6, 6.07) is 6.06. The molecule has 2 aromatic rings. The Bertz CT molecular complexity index is 806. The van der Waals surface area contributed by atoms with Crippen LogP contribution in [0.2, 0.25) is 5.02 Å². The summed E-state index contributed by atoms with van der Waals surface area (Å²) in [7, 11) is 1.29. The van der Waals surface area contributed by atoms with Crippen LogP contribution in [0.4, 0.5) is 11.6 Å². The third kappa shape index (κ3) is 3.88. The van der Waals surface area contributed by atoms with E-state index in [9.17, 15) is 9.59 Å². The van der Waals surface area contributed by atoms with Crippen molar-refractivity contribution in [3.63, 3.8) is 0 Å². The smallest absolute Gasteiger partial charge is 0.337 e. The lowest BCUT2D eigenvalue weighted by atomic mass is 10.2. The standard InChI is InChI=1S/C17H17ClN4O3/c1-25-16(24)11-4-5-12(18)14(10-11)20-15(23)13-6-7-19-17(21-13)22-8-2-3-9-22/h4-7,10H,2-3,8-9H2,1H3,(H,20,23). The first-order chi connectivity index (χ1) is 12.1. The van der Waals surface area contributed by atoms with E-state index in [1.807, 2.05) is 4.90 Å². The van der Waals surface area contributed by atoms with Crippen LogP contribution in [0.25, 0.3) is 0 Å². The molecule has 0 bridgehead atoms. The highest BCUT2D eigenvalue weighted by Gasteiger charge is 2.18. The monoisotopic (exact) mass is 360 g/mol. The van der Waals surface area contributed by atoms with E-state index in [2.05, 4.69) is 20.0 Å². The van der Waals surface area contributed by atoms with Gasteiger partial charge in [-0.25, -0.2) is 14.8 Å². The second kappa shape index (κ2) is 7.48. The lowest BCUT2D eigenvalue weighted by molar-refractivity contribution is 0.0600. The number of methoxy groups -OCH3 is 1. The first-order valence-corrected chi connectivity index (χ1v) is 8.23. The van der Waals surface area contributed by atoms with E-state index in [4.69, 9.17) is 11.6 Å². The third-order valence-corrected chi connectivity index (χ3v) is 4.23. The van der Waals surface area contributed by atoms with Gasteiger partial charge in [0.1, 0.15) is 5.69 Å². The summed E-state index contributed by atoms with van der Waals surface area (Å²) in [4.78, 5) is 34.7. The molecule has 8 heteroatoms. The number of aromatic nitrogens is 2. The quantitative estimate of drug-likeness (QED) is 0.844. The number of hydrogen-bond acceptors (Lipinski definition) is 6. The molecule has 0 spiro atoms. The van der Waals surface area contributed by atoms with Gasteiger partial charge in [-0.1, -0.05) is 11.6 Å². The number of hydrogen-bond donors (Lipinski definition) is 1. The number of carbonyl (C=O) groups is 2. The van der Waals surface area contributed by atoms with Gasteiger partial charge >= 0.3 is 5.97 Å². The number of nitrogens with one attached hydrogen (secondary N) is 1. The Morgan fingerprint density at radius 1 is 1.24 bits per heavy atom. The molecule has 0 saturated carbocycles. The van der Waals surface area contributed by atoms with Crippen molar-refractivity contribution in [2.75, 3.05) is 30.4 Å². The Kier molecular flexibility index (Phi) is 5.14. The molecule has 1 aliphatic rings. The van der Waals surface area contributed by atoms with E-state index < -0.39 is 11.9 Å². The molecule has 1 aliphatic heterocycles. The van der Waals surface area contributed by atoms with Gasteiger partial charge in [0.15, 0.2) is 0 Å².